The molecule has 0 atom stereocenters. The van der Waals surface area contributed by atoms with Gasteiger partial charge in [0, 0.05) is 57.8 Å². The first-order valence-electron chi connectivity index (χ1n) is 8.84. The highest BCUT2D eigenvalue weighted by Gasteiger charge is 2.21. The van der Waals surface area contributed by atoms with Crippen LogP contribution < -0.4 is 4.90 Å². The van der Waals surface area contributed by atoms with Crippen LogP contribution in [0.15, 0.2) is 35.0 Å². The Morgan fingerprint density at radius 1 is 1.12 bits per heavy atom. The molecule has 0 spiro atoms. The van der Waals surface area contributed by atoms with Crippen molar-refractivity contribution in [1.29, 1.82) is 0 Å². The van der Waals surface area contributed by atoms with Gasteiger partial charge >= 0.3 is 0 Å². The summed E-state index contributed by atoms with van der Waals surface area (Å²) in [4.78, 5) is 17.9. The molecule has 136 valence electrons. The second-order valence-corrected chi connectivity index (χ2v) is 6.67. The number of fused-ring (bicyclic) bond motifs is 1. The lowest BCUT2D eigenvalue weighted by Gasteiger charge is -2.33. The van der Waals surface area contributed by atoms with Gasteiger partial charge in [0.1, 0.15) is 12.1 Å². The molecule has 7 nitrogen and oxygen atoms in total. The first-order valence-corrected chi connectivity index (χ1v) is 8.84. The molecule has 1 aliphatic rings. The molecule has 4 rings (SSSR count). The van der Waals surface area contributed by atoms with Crippen LogP contribution in [0.5, 0.6) is 0 Å². The Bertz CT molecular complexity index is 869. The molecule has 0 unspecified atom stereocenters. The second kappa shape index (κ2) is 7.39. The molecule has 0 amide bonds. The van der Waals surface area contributed by atoms with Crippen LogP contribution in [0.25, 0.3) is 11.1 Å². The summed E-state index contributed by atoms with van der Waals surface area (Å²) in [6.45, 7) is 7.08. The Hall–Kier alpha value is -2.51. The van der Waals surface area contributed by atoms with Crippen molar-refractivity contribution in [2.75, 3.05) is 38.2 Å². The maximum atomic E-state index is 5.92. The lowest BCUT2D eigenvalue weighted by atomic mass is 10.2. The monoisotopic (exact) mass is 353 g/mol. The minimum atomic E-state index is 0.447. The van der Waals surface area contributed by atoms with Crippen LogP contribution in [0.3, 0.4) is 0 Å². The van der Waals surface area contributed by atoms with Crippen molar-refractivity contribution in [2.45, 2.75) is 20.1 Å². The van der Waals surface area contributed by atoms with E-state index in [1.54, 1.807) is 7.11 Å². The van der Waals surface area contributed by atoms with Crippen molar-refractivity contribution in [3.05, 3.63) is 47.5 Å². The Balaban J connectivity index is 1.35. The van der Waals surface area contributed by atoms with E-state index >= 15 is 0 Å². The van der Waals surface area contributed by atoms with Crippen LogP contribution in [0.1, 0.15) is 17.0 Å². The summed E-state index contributed by atoms with van der Waals surface area (Å²) in [7, 11) is 1.65. The maximum Gasteiger partial charge on any atom is 0.298 e. The summed E-state index contributed by atoms with van der Waals surface area (Å²) in [5.41, 5.74) is 4.09. The van der Waals surface area contributed by atoms with E-state index in [9.17, 15) is 0 Å². The molecular weight excluding hydrogens is 330 g/mol. The van der Waals surface area contributed by atoms with Crippen molar-refractivity contribution in [3.63, 3.8) is 0 Å². The standard InChI is InChI=1S/C19H23N5O2/c1-14-3-4-17-16(9-14)22-19(26-17)24-7-5-23(6-8-24)12-15-10-20-18(13-25-2)21-11-15/h3-4,9-11H,5-8,12-13H2,1-2H3. The van der Waals surface area contributed by atoms with E-state index in [1.165, 1.54) is 5.56 Å². The fraction of sp³-hybridized carbons (Fsp3) is 0.421. The van der Waals surface area contributed by atoms with Gasteiger partial charge in [-0.15, -0.1) is 0 Å². The van der Waals surface area contributed by atoms with E-state index in [2.05, 4.69) is 43.8 Å². The summed E-state index contributed by atoms with van der Waals surface area (Å²) in [6.07, 6.45) is 3.77. The van der Waals surface area contributed by atoms with Gasteiger partial charge in [-0.2, -0.15) is 4.98 Å². The predicted octanol–water partition coefficient (Wildman–Crippen LogP) is 2.39. The van der Waals surface area contributed by atoms with Gasteiger partial charge in [0.15, 0.2) is 11.4 Å². The van der Waals surface area contributed by atoms with Crippen LogP contribution in [-0.4, -0.2) is 53.1 Å². The van der Waals surface area contributed by atoms with E-state index in [0.717, 1.165) is 55.4 Å². The van der Waals surface area contributed by atoms with Crippen LogP contribution in [0.4, 0.5) is 6.01 Å². The number of anilines is 1. The average molecular weight is 353 g/mol. The van der Waals surface area contributed by atoms with Gasteiger partial charge in [-0.25, -0.2) is 9.97 Å². The normalized spacial score (nSPS) is 15.7. The van der Waals surface area contributed by atoms with Crippen molar-refractivity contribution in [2.24, 2.45) is 0 Å². The van der Waals surface area contributed by atoms with Crippen LogP contribution in [0.2, 0.25) is 0 Å². The Morgan fingerprint density at radius 3 is 2.62 bits per heavy atom. The number of aryl methyl sites for hydroxylation is 1. The average Bonchev–Trinajstić information content (AvgIpc) is 3.07. The summed E-state index contributed by atoms with van der Waals surface area (Å²) in [5, 5.41) is 0. The highest BCUT2D eigenvalue weighted by Crippen LogP contribution is 2.23. The molecule has 0 aliphatic carbocycles. The van der Waals surface area contributed by atoms with E-state index in [-0.39, 0.29) is 0 Å². The summed E-state index contributed by atoms with van der Waals surface area (Å²) in [5.74, 6) is 0.715. The number of methoxy groups -OCH3 is 1. The molecule has 26 heavy (non-hydrogen) atoms. The molecule has 3 aromatic rings. The van der Waals surface area contributed by atoms with Gasteiger partial charge < -0.3 is 14.1 Å². The second-order valence-electron chi connectivity index (χ2n) is 6.67. The number of ether oxygens (including phenoxy) is 1. The molecule has 3 heterocycles. The van der Waals surface area contributed by atoms with Crippen molar-refractivity contribution in [1.82, 2.24) is 19.9 Å². The number of benzene rings is 1. The zero-order valence-corrected chi connectivity index (χ0v) is 15.2. The number of rotatable bonds is 5. The molecule has 0 N–H and O–H groups in total. The summed E-state index contributed by atoms with van der Waals surface area (Å²) >= 11 is 0. The lowest BCUT2D eigenvalue weighted by molar-refractivity contribution is 0.177. The summed E-state index contributed by atoms with van der Waals surface area (Å²) in [6, 6.07) is 6.82. The fourth-order valence-corrected chi connectivity index (χ4v) is 3.18. The minimum Gasteiger partial charge on any atom is -0.423 e. The Morgan fingerprint density at radius 2 is 1.88 bits per heavy atom. The van der Waals surface area contributed by atoms with Crippen LogP contribution >= 0.6 is 0 Å². The van der Waals surface area contributed by atoms with E-state index < -0.39 is 0 Å². The molecule has 2 aromatic heterocycles. The van der Waals surface area contributed by atoms with Gasteiger partial charge in [-0.1, -0.05) is 6.07 Å². The zero-order valence-electron chi connectivity index (χ0n) is 15.2. The van der Waals surface area contributed by atoms with Gasteiger partial charge in [0.25, 0.3) is 6.01 Å². The third kappa shape index (κ3) is 3.68. The quantitative estimate of drug-likeness (QED) is 0.698. The van der Waals surface area contributed by atoms with Gasteiger partial charge in [0.05, 0.1) is 0 Å². The molecule has 7 heteroatoms. The topological polar surface area (TPSA) is 67.5 Å². The van der Waals surface area contributed by atoms with Gasteiger partial charge in [0.2, 0.25) is 0 Å². The fourth-order valence-electron chi connectivity index (χ4n) is 3.18. The number of hydrogen-bond acceptors (Lipinski definition) is 7. The summed E-state index contributed by atoms with van der Waals surface area (Å²) < 4.78 is 11.0. The number of piperazine rings is 1. The maximum absolute atomic E-state index is 5.92. The van der Waals surface area contributed by atoms with Gasteiger partial charge in [-0.3, -0.25) is 4.90 Å². The highest BCUT2D eigenvalue weighted by atomic mass is 16.5. The van der Waals surface area contributed by atoms with Crippen molar-refractivity contribution >= 4 is 17.1 Å². The Labute approximate surface area is 152 Å². The van der Waals surface area contributed by atoms with E-state index in [0.29, 0.717) is 12.4 Å². The van der Waals surface area contributed by atoms with Crippen molar-refractivity contribution in [3.8, 4) is 0 Å². The molecule has 1 aromatic carbocycles. The molecular formula is C19H23N5O2. The first-order chi connectivity index (χ1) is 12.7. The number of oxazole rings is 1. The zero-order chi connectivity index (χ0) is 17.9. The molecule has 0 radical (unpaired) electrons. The van der Waals surface area contributed by atoms with Crippen LogP contribution in [0, 0.1) is 6.92 Å². The SMILES string of the molecule is COCc1ncc(CN2CCN(c3nc4cc(C)ccc4o3)CC2)cn1. The van der Waals surface area contributed by atoms with E-state index in [4.69, 9.17) is 9.15 Å². The smallest absolute Gasteiger partial charge is 0.298 e. The van der Waals surface area contributed by atoms with Crippen LogP contribution in [-0.2, 0) is 17.9 Å². The predicted molar refractivity (Wildman–Crippen MR) is 99.0 cm³/mol. The lowest BCUT2D eigenvalue weighted by Crippen LogP contribution is -2.46. The molecule has 1 aliphatic heterocycles. The number of nitrogens with zero attached hydrogens (tertiary/aromatic N) is 5. The molecule has 1 saturated heterocycles. The van der Waals surface area contributed by atoms with Crippen molar-refractivity contribution < 1.29 is 9.15 Å². The molecule has 0 saturated carbocycles. The molecule has 0 bridgehead atoms. The van der Waals surface area contributed by atoms with E-state index in [1.807, 2.05) is 18.5 Å². The highest BCUT2D eigenvalue weighted by molar-refractivity contribution is 5.75. The third-order valence-corrected chi connectivity index (χ3v) is 4.61. The minimum absolute atomic E-state index is 0.447. The Kier molecular flexibility index (Phi) is 4.81. The number of hydrogen-bond donors (Lipinski definition) is 0. The van der Waals surface area contributed by atoms with Gasteiger partial charge in [-0.05, 0) is 24.6 Å². The largest absolute Gasteiger partial charge is 0.423 e. The molecule has 1 fully saturated rings. The third-order valence-electron chi connectivity index (χ3n) is 4.61. The first kappa shape index (κ1) is 16.9. The number of aromatic nitrogens is 3.